The minimum Gasteiger partial charge on any atom is -0.479 e. The average molecular weight is 292 g/mol. The molecule has 1 aromatic heterocycles. The Labute approximate surface area is 123 Å². The van der Waals surface area contributed by atoms with Gasteiger partial charge in [0.1, 0.15) is 0 Å². The molecule has 0 aliphatic rings. The molecular formula is C16H20O3S. The quantitative estimate of drug-likeness (QED) is 0.781. The van der Waals surface area contributed by atoms with Gasteiger partial charge in [0.05, 0.1) is 0 Å². The first kappa shape index (κ1) is 15.0. The zero-order valence-electron chi connectivity index (χ0n) is 11.9. The van der Waals surface area contributed by atoms with Crippen molar-refractivity contribution in [1.82, 2.24) is 0 Å². The number of ether oxygens (including phenoxy) is 1. The molecule has 1 N–H and O–H groups in total. The first-order chi connectivity index (χ1) is 9.55. The molecule has 0 fully saturated rings. The Morgan fingerprint density at radius 2 is 2.15 bits per heavy atom. The molecule has 1 unspecified atom stereocenters. The number of hydrogen-bond donors (Lipinski definition) is 1. The number of fused-ring (bicyclic) bond motifs is 1. The SMILES string of the molecule is CCCCOC(C)(Cc1cc2ccccc2s1)C(=O)O. The van der Waals surface area contributed by atoms with Gasteiger partial charge in [0.15, 0.2) is 5.60 Å². The smallest absolute Gasteiger partial charge is 0.336 e. The minimum absolute atomic E-state index is 0.408. The van der Waals surface area contributed by atoms with Crippen molar-refractivity contribution < 1.29 is 14.6 Å². The highest BCUT2D eigenvalue weighted by molar-refractivity contribution is 7.19. The van der Waals surface area contributed by atoms with Crippen molar-refractivity contribution in [2.45, 2.75) is 38.7 Å². The maximum Gasteiger partial charge on any atom is 0.336 e. The molecule has 4 heteroatoms. The second kappa shape index (κ2) is 6.37. The maximum atomic E-state index is 11.5. The van der Waals surface area contributed by atoms with E-state index in [1.807, 2.05) is 18.2 Å². The van der Waals surface area contributed by atoms with Crippen LogP contribution in [-0.4, -0.2) is 23.3 Å². The van der Waals surface area contributed by atoms with Gasteiger partial charge in [0.2, 0.25) is 0 Å². The van der Waals surface area contributed by atoms with Crippen molar-refractivity contribution in [2.75, 3.05) is 6.61 Å². The van der Waals surface area contributed by atoms with E-state index in [1.54, 1.807) is 18.3 Å². The summed E-state index contributed by atoms with van der Waals surface area (Å²) in [6.45, 7) is 4.22. The van der Waals surface area contributed by atoms with Crippen LogP contribution in [-0.2, 0) is 16.0 Å². The van der Waals surface area contributed by atoms with Gasteiger partial charge in [-0.05, 0) is 30.9 Å². The molecule has 108 valence electrons. The molecule has 0 bridgehead atoms. The third-order valence-corrected chi connectivity index (χ3v) is 4.48. The molecule has 0 aliphatic carbocycles. The van der Waals surface area contributed by atoms with Crippen molar-refractivity contribution in [3.63, 3.8) is 0 Å². The van der Waals surface area contributed by atoms with E-state index < -0.39 is 11.6 Å². The van der Waals surface area contributed by atoms with Gasteiger partial charge in [-0.3, -0.25) is 0 Å². The van der Waals surface area contributed by atoms with Crippen LogP contribution in [0.2, 0.25) is 0 Å². The Balaban J connectivity index is 2.16. The van der Waals surface area contributed by atoms with Crippen LogP contribution >= 0.6 is 11.3 Å². The highest BCUT2D eigenvalue weighted by Gasteiger charge is 2.34. The lowest BCUT2D eigenvalue weighted by Crippen LogP contribution is -2.40. The van der Waals surface area contributed by atoms with Crippen molar-refractivity contribution in [3.8, 4) is 0 Å². The molecule has 1 atom stereocenters. The summed E-state index contributed by atoms with van der Waals surface area (Å²) in [5.74, 6) is -0.897. The topological polar surface area (TPSA) is 46.5 Å². The van der Waals surface area contributed by atoms with Crippen molar-refractivity contribution in [3.05, 3.63) is 35.2 Å². The van der Waals surface area contributed by atoms with E-state index >= 15 is 0 Å². The van der Waals surface area contributed by atoms with Crippen LogP contribution in [0.15, 0.2) is 30.3 Å². The summed E-state index contributed by atoms with van der Waals surface area (Å²) in [5, 5.41) is 10.6. The summed E-state index contributed by atoms with van der Waals surface area (Å²) in [4.78, 5) is 12.6. The number of unbranched alkanes of at least 4 members (excludes halogenated alkanes) is 1. The van der Waals surface area contributed by atoms with Crippen LogP contribution in [0.5, 0.6) is 0 Å². The van der Waals surface area contributed by atoms with E-state index in [0.29, 0.717) is 13.0 Å². The molecular weight excluding hydrogens is 272 g/mol. The van der Waals surface area contributed by atoms with Crippen LogP contribution in [0.4, 0.5) is 0 Å². The lowest BCUT2D eigenvalue weighted by atomic mass is 10.0. The third kappa shape index (κ3) is 3.38. The van der Waals surface area contributed by atoms with Gasteiger partial charge in [0, 0.05) is 22.6 Å². The fraction of sp³-hybridized carbons (Fsp3) is 0.438. The van der Waals surface area contributed by atoms with E-state index in [-0.39, 0.29) is 0 Å². The van der Waals surface area contributed by atoms with Gasteiger partial charge in [-0.25, -0.2) is 4.79 Å². The van der Waals surface area contributed by atoms with E-state index in [1.165, 1.54) is 4.70 Å². The minimum atomic E-state index is -1.14. The van der Waals surface area contributed by atoms with Crippen LogP contribution in [0.3, 0.4) is 0 Å². The summed E-state index contributed by atoms with van der Waals surface area (Å²) in [6.07, 6.45) is 2.29. The van der Waals surface area contributed by atoms with Gasteiger partial charge in [0.25, 0.3) is 0 Å². The molecule has 0 radical (unpaired) electrons. The fourth-order valence-electron chi connectivity index (χ4n) is 2.09. The lowest BCUT2D eigenvalue weighted by Gasteiger charge is -2.24. The Kier molecular flexibility index (Phi) is 4.78. The zero-order chi connectivity index (χ0) is 14.6. The number of hydrogen-bond acceptors (Lipinski definition) is 3. The predicted molar refractivity (Wildman–Crippen MR) is 82.4 cm³/mol. The normalized spacial score (nSPS) is 14.3. The molecule has 2 aromatic rings. The first-order valence-electron chi connectivity index (χ1n) is 6.90. The molecule has 1 heterocycles. The Hall–Kier alpha value is -1.39. The number of rotatable bonds is 7. The Bertz CT molecular complexity index is 557. The number of carboxylic acids is 1. The summed E-state index contributed by atoms with van der Waals surface area (Å²) in [5.41, 5.74) is -1.14. The number of benzene rings is 1. The summed E-state index contributed by atoms with van der Waals surface area (Å²) >= 11 is 1.64. The Morgan fingerprint density at radius 3 is 2.80 bits per heavy atom. The van der Waals surface area contributed by atoms with Crippen LogP contribution in [0.25, 0.3) is 10.1 Å². The average Bonchev–Trinajstić information content (AvgIpc) is 2.80. The third-order valence-electron chi connectivity index (χ3n) is 3.36. The number of carbonyl (C=O) groups is 1. The first-order valence-corrected chi connectivity index (χ1v) is 7.71. The molecule has 20 heavy (non-hydrogen) atoms. The molecule has 1 aromatic carbocycles. The van der Waals surface area contributed by atoms with Crippen molar-refractivity contribution >= 4 is 27.4 Å². The van der Waals surface area contributed by atoms with Gasteiger partial charge >= 0.3 is 5.97 Å². The summed E-state index contributed by atoms with van der Waals surface area (Å²) in [6, 6.07) is 10.2. The predicted octanol–water partition coefficient (Wildman–Crippen LogP) is 4.10. The highest BCUT2D eigenvalue weighted by Crippen LogP contribution is 2.29. The van der Waals surface area contributed by atoms with E-state index in [4.69, 9.17) is 4.74 Å². The van der Waals surface area contributed by atoms with Gasteiger partial charge in [-0.15, -0.1) is 11.3 Å². The zero-order valence-corrected chi connectivity index (χ0v) is 12.7. The standard InChI is InChI=1S/C16H20O3S/c1-3-4-9-19-16(2,15(17)18)11-13-10-12-7-5-6-8-14(12)20-13/h5-8,10H,3-4,9,11H2,1-2H3,(H,17,18). The lowest BCUT2D eigenvalue weighted by molar-refractivity contribution is -0.163. The fourth-order valence-corrected chi connectivity index (χ4v) is 3.29. The number of thiophene rings is 1. The van der Waals surface area contributed by atoms with Gasteiger partial charge < -0.3 is 9.84 Å². The highest BCUT2D eigenvalue weighted by atomic mass is 32.1. The molecule has 0 spiro atoms. The largest absolute Gasteiger partial charge is 0.479 e. The van der Waals surface area contributed by atoms with Crippen molar-refractivity contribution in [2.24, 2.45) is 0 Å². The van der Waals surface area contributed by atoms with Crippen LogP contribution in [0.1, 0.15) is 31.6 Å². The molecule has 2 rings (SSSR count). The molecule has 0 saturated carbocycles. The Morgan fingerprint density at radius 1 is 1.40 bits per heavy atom. The van der Waals surface area contributed by atoms with E-state index in [0.717, 1.165) is 23.1 Å². The molecule has 0 aliphatic heterocycles. The second-order valence-corrected chi connectivity index (χ2v) is 6.33. The molecule has 3 nitrogen and oxygen atoms in total. The summed E-state index contributed by atoms with van der Waals surface area (Å²) < 4.78 is 6.82. The van der Waals surface area contributed by atoms with Crippen LogP contribution in [0, 0.1) is 0 Å². The molecule has 0 amide bonds. The van der Waals surface area contributed by atoms with Gasteiger partial charge in [-0.1, -0.05) is 31.5 Å². The number of aliphatic carboxylic acids is 1. The van der Waals surface area contributed by atoms with Crippen molar-refractivity contribution in [1.29, 1.82) is 0 Å². The van der Waals surface area contributed by atoms with E-state index in [2.05, 4.69) is 19.1 Å². The maximum absolute atomic E-state index is 11.5. The second-order valence-electron chi connectivity index (χ2n) is 5.17. The summed E-state index contributed by atoms with van der Waals surface area (Å²) in [7, 11) is 0. The molecule has 0 saturated heterocycles. The van der Waals surface area contributed by atoms with Gasteiger partial charge in [-0.2, -0.15) is 0 Å². The van der Waals surface area contributed by atoms with E-state index in [9.17, 15) is 9.90 Å². The monoisotopic (exact) mass is 292 g/mol. The number of carboxylic acid groups (broad SMARTS) is 1. The van der Waals surface area contributed by atoms with Crippen LogP contribution < -0.4 is 0 Å².